The van der Waals surface area contributed by atoms with E-state index in [4.69, 9.17) is 0 Å². The van der Waals surface area contributed by atoms with Crippen molar-refractivity contribution in [1.29, 1.82) is 0 Å². The highest BCUT2D eigenvalue weighted by Gasteiger charge is 2.30. The second kappa shape index (κ2) is 8.68. The van der Waals surface area contributed by atoms with Gasteiger partial charge in [0.15, 0.2) is 0 Å². The molecule has 2 aromatic rings. The molecule has 1 heterocycles. The van der Waals surface area contributed by atoms with Gasteiger partial charge in [-0.2, -0.15) is 28.1 Å². The predicted octanol–water partition coefficient (Wildman–Crippen LogP) is 3.78. The number of nitrogens with one attached hydrogen (secondary N) is 2. The first-order chi connectivity index (χ1) is 12.4. The molecule has 0 radical (unpaired) electrons. The van der Waals surface area contributed by atoms with Crippen LogP contribution in [0.25, 0.3) is 0 Å². The van der Waals surface area contributed by atoms with Gasteiger partial charge in [0.2, 0.25) is 17.8 Å². The monoisotopic (exact) mass is 368 g/mol. The van der Waals surface area contributed by atoms with Crippen molar-refractivity contribution in [2.75, 3.05) is 35.2 Å². The molecule has 1 aromatic heterocycles. The number of nitrogens with zero attached hydrogens (tertiary/aromatic N) is 4. The van der Waals surface area contributed by atoms with E-state index < -0.39 is 11.7 Å². The molecule has 0 saturated carbocycles. The molecule has 2 N–H and O–H groups in total. The summed E-state index contributed by atoms with van der Waals surface area (Å²) in [6, 6.07) is 5.18. The van der Waals surface area contributed by atoms with Crippen LogP contribution in [0, 0.1) is 0 Å². The molecule has 0 amide bonds. The second-order valence-electron chi connectivity index (χ2n) is 5.54. The van der Waals surface area contributed by atoms with Gasteiger partial charge < -0.3 is 15.5 Å². The largest absolute Gasteiger partial charge is 0.416 e. The third-order valence-corrected chi connectivity index (χ3v) is 3.71. The predicted molar refractivity (Wildman–Crippen MR) is 96.3 cm³/mol. The Morgan fingerprint density at radius 2 is 1.62 bits per heavy atom. The fourth-order valence-corrected chi connectivity index (χ4v) is 2.37. The average molecular weight is 368 g/mol. The standard InChI is InChI=1S/C17H23F3N6/c1-4-21-14-23-15(25-16(24-14)26(5-2)6-3)22-11-12-8-7-9-13(10-12)17(18,19)20/h7-10H,4-6,11H2,1-3H3,(H2,21,22,23,24,25). The van der Waals surface area contributed by atoms with E-state index in [0.717, 1.165) is 25.2 Å². The lowest BCUT2D eigenvalue weighted by molar-refractivity contribution is -0.137. The van der Waals surface area contributed by atoms with Crippen LogP contribution in [-0.4, -0.2) is 34.6 Å². The van der Waals surface area contributed by atoms with Crippen molar-refractivity contribution in [3.8, 4) is 0 Å². The van der Waals surface area contributed by atoms with Crippen LogP contribution in [0.1, 0.15) is 31.9 Å². The first-order valence-corrected chi connectivity index (χ1v) is 8.52. The normalized spacial score (nSPS) is 11.3. The van der Waals surface area contributed by atoms with Crippen LogP contribution in [0.3, 0.4) is 0 Å². The Labute approximate surface area is 150 Å². The lowest BCUT2D eigenvalue weighted by Crippen LogP contribution is -2.25. The molecule has 0 bridgehead atoms. The highest BCUT2D eigenvalue weighted by atomic mass is 19.4. The Balaban J connectivity index is 2.20. The van der Waals surface area contributed by atoms with Gasteiger partial charge in [-0.1, -0.05) is 12.1 Å². The Bertz CT molecular complexity index is 716. The average Bonchev–Trinajstić information content (AvgIpc) is 2.61. The minimum Gasteiger partial charge on any atom is -0.354 e. The minimum atomic E-state index is -4.36. The second-order valence-corrected chi connectivity index (χ2v) is 5.54. The summed E-state index contributed by atoms with van der Waals surface area (Å²) in [5, 5.41) is 6.03. The number of alkyl halides is 3. The number of aromatic nitrogens is 3. The van der Waals surface area contributed by atoms with Gasteiger partial charge in [-0.3, -0.25) is 0 Å². The molecule has 2 rings (SSSR count). The van der Waals surface area contributed by atoms with Crippen LogP contribution in [0.4, 0.5) is 31.0 Å². The number of halogens is 3. The summed E-state index contributed by atoms with van der Waals surface area (Å²) in [5.74, 6) is 1.26. The molecule has 0 saturated heterocycles. The molecule has 26 heavy (non-hydrogen) atoms. The summed E-state index contributed by atoms with van der Waals surface area (Å²) >= 11 is 0. The van der Waals surface area contributed by atoms with E-state index in [-0.39, 0.29) is 6.54 Å². The summed E-state index contributed by atoms with van der Waals surface area (Å²) in [6.07, 6.45) is -4.36. The molecule has 0 aliphatic rings. The maximum absolute atomic E-state index is 12.8. The lowest BCUT2D eigenvalue weighted by Gasteiger charge is -2.19. The van der Waals surface area contributed by atoms with Gasteiger partial charge in [0, 0.05) is 26.2 Å². The smallest absolute Gasteiger partial charge is 0.354 e. The number of anilines is 3. The lowest BCUT2D eigenvalue weighted by atomic mass is 10.1. The van der Waals surface area contributed by atoms with E-state index in [1.165, 1.54) is 6.07 Å². The summed E-state index contributed by atoms with van der Waals surface area (Å²) in [7, 11) is 0. The van der Waals surface area contributed by atoms with Crippen molar-refractivity contribution in [3.05, 3.63) is 35.4 Å². The zero-order chi connectivity index (χ0) is 19.2. The molecule has 1 aromatic carbocycles. The van der Waals surface area contributed by atoms with Gasteiger partial charge in [-0.05, 0) is 38.5 Å². The number of hydrogen-bond donors (Lipinski definition) is 2. The Morgan fingerprint density at radius 1 is 0.962 bits per heavy atom. The van der Waals surface area contributed by atoms with Crippen molar-refractivity contribution < 1.29 is 13.2 Å². The molecular weight excluding hydrogens is 345 g/mol. The zero-order valence-electron chi connectivity index (χ0n) is 15.1. The van der Waals surface area contributed by atoms with Gasteiger partial charge in [-0.15, -0.1) is 0 Å². The highest BCUT2D eigenvalue weighted by Crippen LogP contribution is 2.29. The van der Waals surface area contributed by atoms with Crippen molar-refractivity contribution in [3.63, 3.8) is 0 Å². The molecule has 9 heteroatoms. The number of hydrogen-bond acceptors (Lipinski definition) is 6. The Hall–Kier alpha value is -2.58. The molecule has 0 atom stereocenters. The molecule has 0 aliphatic carbocycles. The maximum atomic E-state index is 12.8. The molecule has 142 valence electrons. The molecule has 0 spiro atoms. The third kappa shape index (κ3) is 5.21. The fraction of sp³-hybridized carbons (Fsp3) is 0.471. The molecule has 0 aliphatic heterocycles. The van der Waals surface area contributed by atoms with Crippen molar-refractivity contribution in [1.82, 2.24) is 15.0 Å². The van der Waals surface area contributed by atoms with Crippen molar-refractivity contribution in [2.45, 2.75) is 33.5 Å². The quantitative estimate of drug-likeness (QED) is 0.739. The Morgan fingerprint density at radius 3 is 2.19 bits per heavy atom. The summed E-state index contributed by atoms with van der Waals surface area (Å²) in [6.45, 7) is 8.22. The van der Waals surface area contributed by atoms with E-state index >= 15 is 0 Å². The van der Waals surface area contributed by atoms with Crippen LogP contribution in [0.5, 0.6) is 0 Å². The number of benzene rings is 1. The van der Waals surface area contributed by atoms with Gasteiger partial charge in [-0.25, -0.2) is 0 Å². The first-order valence-electron chi connectivity index (χ1n) is 8.52. The van der Waals surface area contributed by atoms with E-state index in [1.54, 1.807) is 6.07 Å². The summed E-state index contributed by atoms with van der Waals surface area (Å²) in [5.41, 5.74) is -0.181. The summed E-state index contributed by atoms with van der Waals surface area (Å²) < 4.78 is 38.5. The topological polar surface area (TPSA) is 66.0 Å². The minimum absolute atomic E-state index is 0.178. The van der Waals surface area contributed by atoms with Gasteiger partial charge in [0.25, 0.3) is 0 Å². The van der Waals surface area contributed by atoms with Crippen LogP contribution < -0.4 is 15.5 Å². The van der Waals surface area contributed by atoms with E-state index in [9.17, 15) is 13.2 Å². The summed E-state index contributed by atoms with van der Waals surface area (Å²) in [4.78, 5) is 15.0. The van der Waals surface area contributed by atoms with Crippen LogP contribution in [0.2, 0.25) is 0 Å². The van der Waals surface area contributed by atoms with Crippen LogP contribution >= 0.6 is 0 Å². The van der Waals surface area contributed by atoms with Crippen LogP contribution in [0.15, 0.2) is 24.3 Å². The van der Waals surface area contributed by atoms with Gasteiger partial charge in [0.1, 0.15) is 0 Å². The first kappa shape index (κ1) is 19.7. The number of rotatable bonds is 8. The van der Waals surface area contributed by atoms with E-state index in [1.807, 2.05) is 25.7 Å². The van der Waals surface area contributed by atoms with Crippen LogP contribution in [-0.2, 0) is 12.7 Å². The highest BCUT2D eigenvalue weighted by molar-refractivity contribution is 5.44. The fourth-order valence-electron chi connectivity index (χ4n) is 2.37. The van der Waals surface area contributed by atoms with Crippen molar-refractivity contribution >= 4 is 17.8 Å². The third-order valence-electron chi connectivity index (χ3n) is 3.71. The van der Waals surface area contributed by atoms with E-state index in [0.29, 0.717) is 30.0 Å². The molecule has 0 unspecified atom stereocenters. The van der Waals surface area contributed by atoms with E-state index in [2.05, 4.69) is 25.6 Å². The maximum Gasteiger partial charge on any atom is 0.416 e. The SMILES string of the molecule is CCNc1nc(NCc2cccc(C(F)(F)F)c2)nc(N(CC)CC)n1. The molecular formula is C17H23F3N6. The molecule has 6 nitrogen and oxygen atoms in total. The zero-order valence-corrected chi connectivity index (χ0v) is 15.1. The van der Waals surface area contributed by atoms with Gasteiger partial charge in [0.05, 0.1) is 5.56 Å². The molecule has 0 fully saturated rings. The van der Waals surface area contributed by atoms with Crippen molar-refractivity contribution in [2.24, 2.45) is 0 Å². The Kier molecular flexibility index (Phi) is 6.59. The van der Waals surface area contributed by atoms with Gasteiger partial charge >= 0.3 is 6.18 Å².